The minimum absolute atomic E-state index is 0.244. The summed E-state index contributed by atoms with van der Waals surface area (Å²) in [6, 6.07) is 20.7. The molecule has 0 aliphatic rings. The molecule has 0 radical (unpaired) electrons. The van der Waals surface area contributed by atoms with Crippen molar-refractivity contribution in [3.05, 3.63) is 103 Å². The zero-order chi connectivity index (χ0) is 19.9. The van der Waals surface area contributed by atoms with Gasteiger partial charge in [-0.3, -0.25) is 4.57 Å². The number of oxime groups is 1. The molecule has 0 amide bonds. The van der Waals surface area contributed by atoms with Crippen molar-refractivity contribution in [3.8, 4) is 17.4 Å². The van der Waals surface area contributed by atoms with Gasteiger partial charge in [0.1, 0.15) is 12.9 Å². The number of rotatable bonds is 6. The zero-order valence-electron chi connectivity index (χ0n) is 15.4. The van der Waals surface area contributed by atoms with Crippen molar-refractivity contribution in [1.82, 2.24) is 14.5 Å². The van der Waals surface area contributed by atoms with Crippen LogP contribution >= 0.6 is 0 Å². The molecule has 4 rings (SSSR count). The molecule has 7 heteroatoms. The smallest absolute Gasteiger partial charge is 0.230 e. The fourth-order valence-corrected chi connectivity index (χ4v) is 2.76. The van der Waals surface area contributed by atoms with Gasteiger partial charge in [-0.1, -0.05) is 47.6 Å². The van der Waals surface area contributed by atoms with Crippen LogP contribution in [-0.4, -0.2) is 25.6 Å². The van der Waals surface area contributed by atoms with Crippen LogP contribution in [-0.2, 0) is 6.61 Å². The van der Waals surface area contributed by atoms with Gasteiger partial charge in [-0.15, -0.1) is 0 Å². The van der Waals surface area contributed by atoms with Gasteiger partial charge >= 0.3 is 0 Å². The molecule has 0 saturated heterocycles. The van der Waals surface area contributed by atoms with Gasteiger partial charge in [0.05, 0.1) is 5.56 Å². The summed E-state index contributed by atoms with van der Waals surface area (Å²) in [7, 11) is 0. The van der Waals surface area contributed by atoms with E-state index in [4.69, 9.17) is 9.47 Å². The number of nitrogens with zero attached hydrogens (tertiary/aromatic N) is 4. The molecule has 4 aromatic rings. The molecule has 0 fully saturated rings. The summed E-state index contributed by atoms with van der Waals surface area (Å²) in [5.41, 5.74) is 1.56. The van der Waals surface area contributed by atoms with Crippen molar-refractivity contribution in [2.24, 2.45) is 5.16 Å². The first-order valence-electron chi connectivity index (χ1n) is 8.94. The van der Waals surface area contributed by atoms with E-state index in [1.165, 1.54) is 6.33 Å². The Balaban J connectivity index is 1.61. The summed E-state index contributed by atoms with van der Waals surface area (Å²) in [6.45, 7) is 0.411. The largest absolute Gasteiger partial charge is 0.485 e. The van der Waals surface area contributed by atoms with Crippen LogP contribution in [0.2, 0.25) is 0 Å². The predicted octanol–water partition coefficient (Wildman–Crippen LogP) is 4.33. The SMILES string of the molecule is O/N=C(/c1cccnc1Oc1ccccc1OCc1ccccc1)n1ccnc1. The number of hydrogen-bond acceptors (Lipinski definition) is 6. The number of ether oxygens (including phenoxy) is 2. The van der Waals surface area contributed by atoms with E-state index in [0.29, 0.717) is 23.7 Å². The molecule has 2 aromatic heterocycles. The molecule has 0 atom stereocenters. The maximum Gasteiger partial charge on any atom is 0.230 e. The molecule has 2 heterocycles. The van der Waals surface area contributed by atoms with Gasteiger partial charge in [0.25, 0.3) is 0 Å². The molecule has 0 unspecified atom stereocenters. The van der Waals surface area contributed by atoms with Crippen LogP contribution in [0.25, 0.3) is 0 Å². The van der Waals surface area contributed by atoms with Crippen molar-refractivity contribution in [3.63, 3.8) is 0 Å². The van der Waals surface area contributed by atoms with Crippen molar-refractivity contribution < 1.29 is 14.7 Å². The average molecular weight is 386 g/mol. The highest BCUT2D eigenvalue weighted by Gasteiger charge is 2.16. The van der Waals surface area contributed by atoms with Crippen LogP contribution in [0.5, 0.6) is 17.4 Å². The molecule has 0 spiro atoms. The minimum Gasteiger partial charge on any atom is -0.485 e. The summed E-state index contributed by atoms with van der Waals surface area (Å²) in [6.07, 6.45) is 6.40. The lowest BCUT2D eigenvalue weighted by molar-refractivity contribution is 0.290. The van der Waals surface area contributed by atoms with Crippen LogP contribution < -0.4 is 9.47 Å². The third-order valence-electron chi connectivity index (χ3n) is 4.15. The number of para-hydroxylation sites is 2. The van der Waals surface area contributed by atoms with E-state index < -0.39 is 0 Å². The first-order chi connectivity index (χ1) is 14.3. The van der Waals surface area contributed by atoms with Gasteiger partial charge < -0.3 is 14.7 Å². The van der Waals surface area contributed by atoms with E-state index in [9.17, 15) is 5.21 Å². The molecule has 29 heavy (non-hydrogen) atoms. The third-order valence-corrected chi connectivity index (χ3v) is 4.15. The van der Waals surface area contributed by atoms with Crippen molar-refractivity contribution in [1.29, 1.82) is 0 Å². The van der Waals surface area contributed by atoms with Gasteiger partial charge in [-0.25, -0.2) is 9.97 Å². The number of pyridine rings is 1. The second kappa shape index (κ2) is 8.71. The van der Waals surface area contributed by atoms with E-state index in [2.05, 4.69) is 15.1 Å². The van der Waals surface area contributed by atoms with E-state index in [0.717, 1.165) is 5.56 Å². The Morgan fingerprint density at radius 2 is 1.72 bits per heavy atom. The highest BCUT2D eigenvalue weighted by Crippen LogP contribution is 2.32. The normalized spacial score (nSPS) is 11.2. The highest BCUT2D eigenvalue weighted by atomic mass is 16.5. The quantitative estimate of drug-likeness (QED) is 0.231. The first-order valence-corrected chi connectivity index (χ1v) is 8.94. The van der Waals surface area contributed by atoms with E-state index in [-0.39, 0.29) is 11.7 Å². The van der Waals surface area contributed by atoms with Crippen molar-refractivity contribution in [2.75, 3.05) is 0 Å². The summed E-state index contributed by atoms with van der Waals surface area (Å²) >= 11 is 0. The van der Waals surface area contributed by atoms with Crippen molar-refractivity contribution >= 4 is 5.84 Å². The molecule has 0 bridgehead atoms. The Labute approximate surface area is 167 Å². The topological polar surface area (TPSA) is 81.8 Å². The Morgan fingerprint density at radius 3 is 2.48 bits per heavy atom. The van der Waals surface area contributed by atoms with Crippen LogP contribution in [0, 0.1) is 0 Å². The van der Waals surface area contributed by atoms with Gasteiger partial charge in [-0.05, 0) is 29.8 Å². The molecule has 2 aromatic carbocycles. The Morgan fingerprint density at radius 1 is 0.931 bits per heavy atom. The van der Waals surface area contributed by atoms with Crippen LogP contribution in [0.1, 0.15) is 11.1 Å². The predicted molar refractivity (Wildman–Crippen MR) is 107 cm³/mol. The Bertz CT molecular complexity index is 1100. The average Bonchev–Trinajstić information content (AvgIpc) is 3.30. The van der Waals surface area contributed by atoms with E-state index in [1.807, 2.05) is 48.5 Å². The highest BCUT2D eigenvalue weighted by molar-refractivity contribution is 6.01. The molecule has 7 nitrogen and oxygen atoms in total. The zero-order valence-corrected chi connectivity index (χ0v) is 15.4. The number of aromatic nitrogens is 3. The number of benzene rings is 2. The third kappa shape index (κ3) is 4.24. The van der Waals surface area contributed by atoms with Gasteiger partial charge in [-0.2, -0.15) is 0 Å². The summed E-state index contributed by atoms with van der Waals surface area (Å²) < 4.78 is 13.6. The molecular formula is C22H18N4O3. The molecule has 0 aliphatic heterocycles. The number of imidazole rings is 1. The second-order valence-electron chi connectivity index (χ2n) is 6.07. The van der Waals surface area contributed by atoms with Crippen LogP contribution in [0.4, 0.5) is 0 Å². The van der Waals surface area contributed by atoms with Crippen LogP contribution in [0.15, 0.2) is 96.8 Å². The molecule has 1 N–H and O–H groups in total. The van der Waals surface area contributed by atoms with Gasteiger partial charge in [0.15, 0.2) is 17.3 Å². The maximum absolute atomic E-state index is 9.54. The van der Waals surface area contributed by atoms with Gasteiger partial charge in [0, 0.05) is 18.6 Å². The van der Waals surface area contributed by atoms with E-state index >= 15 is 0 Å². The fraction of sp³-hybridized carbons (Fsp3) is 0.0455. The molecule has 144 valence electrons. The minimum atomic E-state index is 0.244. The molecule has 0 aliphatic carbocycles. The lowest BCUT2D eigenvalue weighted by atomic mass is 10.2. The standard InChI is InChI=1S/C22H18N4O3/c27-25-21(26-14-13-23-16-26)18-9-6-12-24-22(18)29-20-11-5-4-10-19(20)28-15-17-7-2-1-3-8-17/h1-14,16,27H,15H2/b25-21-. The maximum atomic E-state index is 9.54. The summed E-state index contributed by atoms with van der Waals surface area (Å²) in [4.78, 5) is 8.30. The first kappa shape index (κ1) is 18.2. The summed E-state index contributed by atoms with van der Waals surface area (Å²) in [5.74, 6) is 1.61. The van der Waals surface area contributed by atoms with Crippen LogP contribution in [0.3, 0.4) is 0 Å². The Hall–Kier alpha value is -4.13. The summed E-state index contributed by atoms with van der Waals surface area (Å²) in [5, 5.41) is 12.9. The molecule has 0 saturated carbocycles. The Kier molecular flexibility index (Phi) is 5.48. The van der Waals surface area contributed by atoms with Gasteiger partial charge in [0.2, 0.25) is 5.88 Å². The van der Waals surface area contributed by atoms with Crippen molar-refractivity contribution in [2.45, 2.75) is 6.61 Å². The monoisotopic (exact) mass is 386 g/mol. The lowest BCUT2D eigenvalue weighted by Gasteiger charge is -2.14. The molecular weight excluding hydrogens is 368 g/mol. The number of hydrogen-bond donors (Lipinski definition) is 1. The fourth-order valence-electron chi connectivity index (χ4n) is 2.76. The van der Waals surface area contributed by atoms with E-state index in [1.54, 1.807) is 41.4 Å². The second-order valence-corrected chi connectivity index (χ2v) is 6.07. The lowest BCUT2D eigenvalue weighted by Crippen LogP contribution is -2.13.